The van der Waals surface area contributed by atoms with E-state index < -0.39 is 12.3 Å². The van der Waals surface area contributed by atoms with Gasteiger partial charge in [0.2, 0.25) is 5.91 Å². The number of fused-ring (bicyclic) bond motifs is 3. The molecule has 2 fully saturated rings. The molecule has 4 aromatic rings. The fourth-order valence-electron chi connectivity index (χ4n) is 6.33. The van der Waals surface area contributed by atoms with Crippen LogP contribution in [0.5, 0.6) is 0 Å². The number of aryl methyl sites for hydroxylation is 1. The van der Waals surface area contributed by atoms with Crippen molar-refractivity contribution in [2.75, 3.05) is 4.90 Å². The summed E-state index contributed by atoms with van der Waals surface area (Å²) in [4.78, 5) is 27.0. The standard InChI is InChI=1S/C33H31ClFN3O2/c1-20(39)3-4-22-12-28(35)17-29(13-22)38(33(40)30-14-21-5-6-25(30)11-21)19-26-8-7-24(16-31(26)34)23-9-10-32-27(15-23)18-36-37(32)2/h3-4,7-10,12-13,15-18,21,25,30H,5-6,11,14,19H2,1-2H3/b4-3+/t21-,25+,30-/m1/s1/i19D/t19?,21-,25+,30-. The van der Waals surface area contributed by atoms with Gasteiger partial charge < -0.3 is 4.90 Å². The molecule has 2 saturated carbocycles. The molecule has 0 N–H and O–H groups in total. The van der Waals surface area contributed by atoms with Crippen LogP contribution in [-0.2, 0) is 23.2 Å². The number of hydrogen-bond acceptors (Lipinski definition) is 3. The van der Waals surface area contributed by atoms with Gasteiger partial charge in [0, 0.05) is 29.1 Å². The number of amides is 1. The topological polar surface area (TPSA) is 55.2 Å². The van der Waals surface area contributed by atoms with Crippen molar-refractivity contribution < 1.29 is 15.4 Å². The summed E-state index contributed by atoms with van der Waals surface area (Å²) in [6.07, 6.45) is 8.65. The first-order valence-electron chi connectivity index (χ1n) is 14.2. The van der Waals surface area contributed by atoms with E-state index >= 15 is 0 Å². The molecule has 2 aliphatic carbocycles. The average Bonchev–Trinajstić information content (AvgIpc) is 3.68. The Bertz CT molecular complexity index is 1700. The van der Waals surface area contributed by atoms with Crippen LogP contribution in [0.4, 0.5) is 10.1 Å². The van der Waals surface area contributed by atoms with Gasteiger partial charge in [-0.3, -0.25) is 14.3 Å². The van der Waals surface area contributed by atoms with Crippen LogP contribution in [0.2, 0.25) is 5.02 Å². The van der Waals surface area contributed by atoms with Crippen molar-refractivity contribution in [2.45, 2.75) is 39.1 Å². The summed E-state index contributed by atoms with van der Waals surface area (Å²) < 4.78 is 26.0. The van der Waals surface area contributed by atoms with E-state index in [0.717, 1.165) is 47.7 Å². The number of nitrogens with zero attached hydrogens (tertiary/aromatic N) is 3. The molecule has 204 valence electrons. The molecule has 1 unspecified atom stereocenters. The van der Waals surface area contributed by atoms with E-state index in [1.165, 1.54) is 36.1 Å². The Hall–Kier alpha value is -3.77. The molecular formula is C33H31ClFN3O2. The Labute approximate surface area is 239 Å². The Kier molecular flexibility index (Phi) is 6.72. The Morgan fingerprint density at radius 3 is 2.65 bits per heavy atom. The maximum atomic E-state index is 14.9. The molecule has 2 bridgehead atoms. The SMILES string of the molecule is [2H]C(c1ccc(-c2ccc3c(cnn3C)c2)cc1Cl)N(C(=O)[C@@H]1C[C@@H]2CC[C@H]1C2)c1cc(F)cc(/C=C/C(C)=O)c1. The van der Waals surface area contributed by atoms with E-state index in [9.17, 15) is 15.4 Å². The molecule has 0 spiro atoms. The van der Waals surface area contributed by atoms with Crippen molar-refractivity contribution in [3.05, 3.63) is 88.8 Å². The van der Waals surface area contributed by atoms with Gasteiger partial charge in [-0.1, -0.05) is 42.3 Å². The summed E-state index contributed by atoms with van der Waals surface area (Å²) in [6, 6.07) is 15.8. The zero-order chi connectivity index (χ0) is 28.8. The van der Waals surface area contributed by atoms with Gasteiger partial charge in [-0.15, -0.1) is 0 Å². The molecule has 2 aliphatic rings. The normalized spacial score (nSPS) is 21.2. The van der Waals surface area contributed by atoms with Gasteiger partial charge in [0.05, 0.1) is 19.6 Å². The Morgan fingerprint density at radius 1 is 1.12 bits per heavy atom. The second-order valence-electron chi connectivity index (χ2n) is 11.1. The van der Waals surface area contributed by atoms with E-state index in [1.807, 2.05) is 48.3 Å². The molecule has 0 saturated heterocycles. The minimum atomic E-state index is -1.18. The highest BCUT2D eigenvalue weighted by molar-refractivity contribution is 6.31. The van der Waals surface area contributed by atoms with Gasteiger partial charge in [0.1, 0.15) is 5.82 Å². The number of halogens is 2. The first kappa shape index (κ1) is 25.2. The summed E-state index contributed by atoms with van der Waals surface area (Å²) in [6.45, 7) is 0.234. The number of carbonyl (C=O) groups is 2. The molecule has 0 aliphatic heterocycles. The van der Waals surface area contributed by atoms with Crippen LogP contribution in [0.25, 0.3) is 28.1 Å². The summed E-state index contributed by atoms with van der Waals surface area (Å²) >= 11 is 6.81. The van der Waals surface area contributed by atoms with Crippen molar-refractivity contribution >= 4 is 46.0 Å². The van der Waals surface area contributed by atoms with Crippen LogP contribution in [-0.4, -0.2) is 21.5 Å². The molecule has 40 heavy (non-hydrogen) atoms. The van der Waals surface area contributed by atoms with Crippen molar-refractivity contribution in [1.29, 1.82) is 0 Å². The van der Waals surface area contributed by atoms with E-state index in [1.54, 1.807) is 12.1 Å². The van der Waals surface area contributed by atoms with Crippen molar-refractivity contribution in [2.24, 2.45) is 24.8 Å². The lowest BCUT2D eigenvalue weighted by Gasteiger charge is -2.30. The van der Waals surface area contributed by atoms with Crippen molar-refractivity contribution in [1.82, 2.24) is 9.78 Å². The summed E-state index contributed by atoms with van der Waals surface area (Å²) in [5.74, 6) is -0.277. The number of hydrogen-bond donors (Lipinski definition) is 0. The number of ketones is 1. The Balaban J connectivity index is 1.38. The number of anilines is 1. The second-order valence-corrected chi connectivity index (χ2v) is 11.5. The predicted molar refractivity (Wildman–Crippen MR) is 157 cm³/mol. The number of aromatic nitrogens is 2. The quantitative estimate of drug-likeness (QED) is 0.220. The largest absolute Gasteiger partial charge is 0.308 e. The van der Waals surface area contributed by atoms with Gasteiger partial charge in [-0.2, -0.15) is 5.10 Å². The first-order chi connectivity index (χ1) is 19.7. The van der Waals surface area contributed by atoms with Crippen LogP contribution in [0.3, 0.4) is 0 Å². The Morgan fingerprint density at radius 2 is 1.93 bits per heavy atom. The van der Waals surface area contributed by atoms with Gasteiger partial charge >= 0.3 is 0 Å². The van der Waals surface area contributed by atoms with E-state index in [-0.39, 0.29) is 29.2 Å². The highest BCUT2D eigenvalue weighted by atomic mass is 35.5. The third-order valence-electron chi connectivity index (χ3n) is 8.33. The molecule has 1 heterocycles. The molecule has 1 aromatic heterocycles. The van der Waals surface area contributed by atoms with Crippen LogP contribution >= 0.6 is 11.6 Å². The van der Waals surface area contributed by atoms with Gasteiger partial charge in [0.25, 0.3) is 0 Å². The molecule has 3 aromatic carbocycles. The first-order valence-corrected chi connectivity index (χ1v) is 14.0. The summed E-state index contributed by atoms with van der Waals surface area (Å²) in [5.41, 5.74) is 4.04. The third kappa shape index (κ3) is 5.20. The smallest absolute Gasteiger partial charge is 0.230 e. The lowest BCUT2D eigenvalue weighted by Crippen LogP contribution is -2.38. The highest BCUT2D eigenvalue weighted by Crippen LogP contribution is 2.49. The van der Waals surface area contributed by atoms with E-state index in [0.29, 0.717) is 22.1 Å². The van der Waals surface area contributed by atoms with Crippen LogP contribution in [0.1, 0.15) is 45.1 Å². The average molecular weight is 557 g/mol. The third-order valence-corrected chi connectivity index (χ3v) is 8.66. The highest BCUT2D eigenvalue weighted by Gasteiger charge is 2.44. The molecule has 6 rings (SSSR count). The fourth-order valence-corrected chi connectivity index (χ4v) is 6.56. The molecule has 5 nitrogen and oxygen atoms in total. The van der Waals surface area contributed by atoms with E-state index in [4.69, 9.17) is 11.6 Å². The monoisotopic (exact) mass is 556 g/mol. The number of allylic oxidation sites excluding steroid dienone is 1. The molecule has 0 radical (unpaired) electrons. The van der Waals surface area contributed by atoms with Crippen molar-refractivity contribution in [3.63, 3.8) is 0 Å². The maximum absolute atomic E-state index is 14.9. The van der Waals surface area contributed by atoms with Crippen LogP contribution in [0, 0.1) is 23.6 Å². The van der Waals surface area contributed by atoms with Crippen LogP contribution in [0.15, 0.2) is 66.9 Å². The maximum Gasteiger partial charge on any atom is 0.230 e. The van der Waals surface area contributed by atoms with Crippen molar-refractivity contribution in [3.8, 4) is 11.1 Å². The predicted octanol–water partition coefficient (Wildman–Crippen LogP) is 7.60. The molecule has 7 heteroatoms. The minimum absolute atomic E-state index is 0.168. The second kappa shape index (κ2) is 10.7. The minimum Gasteiger partial charge on any atom is -0.308 e. The molecular weight excluding hydrogens is 525 g/mol. The summed E-state index contributed by atoms with van der Waals surface area (Å²) in [5, 5.41) is 5.67. The van der Waals surface area contributed by atoms with E-state index in [2.05, 4.69) is 5.10 Å². The lowest BCUT2D eigenvalue weighted by molar-refractivity contribution is -0.124. The summed E-state index contributed by atoms with van der Waals surface area (Å²) in [7, 11) is 1.90. The van der Waals surface area contributed by atoms with Gasteiger partial charge in [-0.05, 0) is 103 Å². The molecule has 4 atom stereocenters. The number of benzene rings is 3. The fraction of sp³-hybridized carbons (Fsp3) is 0.303. The zero-order valence-electron chi connectivity index (χ0n) is 23.5. The zero-order valence-corrected chi connectivity index (χ0v) is 23.2. The number of carbonyl (C=O) groups excluding carboxylic acids is 2. The number of rotatable bonds is 7. The molecule has 1 amide bonds. The van der Waals surface area contributed by atoms with Gasteiger partial charge in [-0.25, -0.2) is 4.39 Å². The van der Waals surface area contributed by atoms with Gasteiger partial charge in [0.15, 0.2) is 5.78 Å². The lowest BCUT2D eigenvalue weighted by atomic mass is 9.87. The van der Waals surface area contributed by atoms with Crippen LogP contribution < -0.4 is 4.90 Å².